The molecule has 1 atom stereocenters. The maximum atomic E-state index is 13.0. The zero-order valence-corrected chi connectivity index (χ0v) is 14.6. The number of hydrogen-bond donors (Lipinski definition) is 2. The highest BCUT2D eigenvalue weighted by Crippen LogP contribution is 2.40. The first-order valence-electron chi connectivity index (χ1n) is 7.13. The molecule has 134 valence electrons. The van der Waals surface area contributed by atoms with E-state index in [1.807, 2.05) is 0 Å². The van der Waals surface area contributed by atoms with Crippen LogP contribution in [0.4, 0.5) is 13.2 Å². The number of benzene rings is 1. The summed E-state index contributed by atoms with van der Waals surface area (Å²) in [4.78, 5) is 21.0. The molecule has 5 nitrogen and oxygen atoms in total. The molecule has 1 aromatic carbocycles. The van der Waals surface area contributed by atoms with E-state index >= 15 is 0 Å². The van der Waals surface area contributed by atoms with Crippen LogP contribution in [0.5, 0.6) is 5.75 Å². The lowest BCUT2D eigenvalue weighted by Gasteiger charge is -2.19. The van der Waals surface area contributed by atoms with Gasteiger partial charge in [-0.15, -0.1) is 0 Å². The summed E-state index contributed by atoms with van der Waals surface area (Å²) in [5, 5.41) is 9.30. The van der Waals surface area contributed by atoms with Crippen LogP contribution in [0.3, 0.4) is 0 Å². The Labute approximate surface area is 149 Å². The molecule has 25 heavy (non-hydrogen) atoms. The molecule has 2 N–H and O–H groups in total. The Morgan fingerprint density at radius 3 is 2.68 bits per heavy atom. The molecule has 1 aromatic heterocycles. The summed E-state index contributed by atoms with van der Waals surface area (Å²) in [5.74, 6) is -1.31. The summed E-state index contributed by atoms with van der Waals surface area (Å²) in [7, 11) is 0. The number of hydroxylamine groups is 1. The van der Waals surface area contributed by atoms with Gasteiger partial charge in [-0.05, 0) is 40.2 Å². The van der Waals surface area contributed by atoms with E-state index in [0.29, 0.717) is 0 Å². The van der Waals surface area contributed by atoms with Gasteiger partial charge in [0, 0.05) is 24.3 Å². The van der Waals surface area contributed by atoms with Gasteiger partial charge in [-0.25, -0.2) is 0 Å². The Balaban J connectivity index is 2.31. The second-order valence-corrected chi connectivity index (χ2v) is 6.06. The molecule has 2 aromatic rings. The van der Waals surface area contributed by atoms with Gasteiger partial charge in [0.25, 0.3) is 0 Å². The van der Waals surface area contributed by atoms with Gasteiger partial charge in [-0.3, -0.25) is 9.78 Å². The standard InChI is InChI=1S/C16H14BrF3N2O3/c1-9(8-23)11-6-10(16(18,19)20)7-12(17)14(11)25-22-15(24)13-4-2-3-5-21-13/h2-7,9,23H,8H2,1H3,(H,22,24)/t9-/m0/s1. The number of carbonyl (C=O) groups excluding carboxylic acids is 1. The predicted molar refractivity (Wildman–Crippen MR) is 87.0 cm³/mol. The Kier molecular flexibility index (Phi) is 6.02. The third-order valence-electron chi connectivity index (χ3n) is 3.35. The van der Waals surface area contributed by atoms with Crippen LogP contribution >= 0.6 is 15.9 Å². The number of aliphatic hydroxyl groups excluding tert-OH is 1. The van der Waals surface area contributed by atoms with Crippen LogP contribution in [0.15, 0.2) is 41.0 Å². The number of pyridine rings is 1. The van der Waals surface area contributed by atoms with Crippen LogP contribution in [0.25, 0.3) is 0 Å². The zero-order chi connectivity index (χ0) is 18.6. The fourth-order valence-electron chi connectivity index (χ4n) is 2.00. The number of nitrogens with one attached hydrogen (secondary N) is 1. The molecular weight excluding hydrogens is 405 g/mol. The molecule has 0 unspecified atom stereocenters. The quantitative estimate of drug-likeness (QED) is 0.726. The van der Waals surface area contributed by atoms with Crippen molar-refractivity contribution in [2.75, 3.05) is 6.61 Å². The van der Waals surface area contributed by atoms with Crippen LogP contribution in [0, 0.1) is 0 Å². The maximum absolute atomic E-state index is 13.0. The Morgan fingerprint density at radius 2 is 2.12 bits per heavy atom. The average molecular weight is 419 g/mol. The Bertz CT molecular complexity index is 754. The van der Waals surface area contributed by atoms with Crippen molar-refractivity contribution in [1.82, 2.24) is 10.5 Å². The van der Waals surface area contributed by atoms with Crippen LogP contribution in [-0.2, 0) is 6.18 Å². The monoisotopic (exact) mass is 418 g/mol. The molecule has 2 rings (SSSR count). The largest absolute Gasteiger partial charge is 0.416 e. The number of halogens is 4. The molecule has 0 saturated heterocycles. The zero-order valence-electron chi connectivity index (χ0n) is 13.0. The van der Waals surface area contributed by atoms with Crippen LogP contribution in [-0.4, -0.2) is 22.6 Å². The number of nitrogens with zero attached hydrogens (tertiary/aromatic N) is 1. The molecule has 1 amide bonds. The fraction of sp³-hybridized carbons (Fsp3) is 0.250. The van der Waals surface area contributed by atoms with Gasteiger partial charge in [0.1, 0.15) is 5.69 Å². The van der Waals surface area contributed by atoms with Gasteiger partial charge in [0.05, 0.1) is 10.0 Å². The minimum atomic E-state index is -4.55. The second-order valence-electron chi connectivity index (χ2n) is 5.21. The number of carbonyl (C=O) groups is 1. The van der Waals surface area contributed by atoms with E-state index in [1.54, 1.807) is 12.1 Å². The summed E-state index contributed by atoms with van der Waals surface area (Å²) >= 11 is 3.02. The SMILES string of the molecule is C[C@@H](CO)c1cc(C(F)(F)F)cc(Br)c1ONC(=O)c1ccccn1. The Morgan fingerprint density at radius 1 is 1.40 bits per heavy atom. The van der Waals surface area contributed by atoms with Gasteiger partial charge >= 0.3 is 12.1 Å². The molecule has 0 bridgehead atoms. The lowest BCUT2D eigenvalue weighted by atomic mass is 9.98. The van der Waals surface area contributed by atoms with E-state index in [2.05, 4.69) is 26.4 Å². The minimum absolute atomic E-state index is 0.000976. The van der Waals surface area contributed by atoms with Crippen molar-refractivity contribution in [3.8, 4) is 5.75 Å². The predicted octanol–water partition coefficient (Wildman–Crippen LogP) is 3.68. The molecule has 0 aliphatic carbocycles. The van der Waals surface area contributed by atoms with Gasteiger partial charge in [0.2, 0.25) is 0 Å². The van der Waals surface area contributed by atoms with E-state index < -0.39 is 30.2 Å². The van der Waals surface area contributed by atoms with Crippen molar-refractivity contribution < 1.29 is 27.9 Å². The maximum Gasteiger partial charge on any atom is 0.416 e. The molecular formula is C16H14BrF3N2O3. The summed E-state index contributed by atoms with van der Waals surface area (Å²) < 4.78 is 38.9. The minimum Gasteiger partial charge on any atom is -0.396 e. The summed E-state index contributed by atoms with van der Waals surface area (Å²) in [6.07, 6.45) is -3.13. The highest BCUT2D eigenvalue weighted by molar-refractivity contribution is 9.10. The molecule has 0 aliphatic rings. The third-order valence-corrected chi connectivity index (χ3v) is 3.94. The first-order valence-corrected chi connectivity index (χ1v) is 7.93. The number of amides is 1. The van der Waals surface area contributed by atoms with Crippen molar-refractivity contribution in [3.63, 3.8) is 0 Å². The van der Waals surface area contributed by atoms with Gasteiger partial charge in [-0.1, -0.05) is 13.0 Å². The molecule has 1 heterocycles. The topological polar surface area (TPSA) is 71.5 Å². The van der Waals surface area contributed by atoms with Gasteiger partial charge in [0.15, 0.2) is 5.75 Å². The number of aliphatic hydroxyl groups is 1. The summed E-state index contributed by atoms with van der Waals surface area (Å²) in [6.45, 7) is 1.15. The molecule has 0 fully saturated rings. The van der Waals surface area contributed by atoms with Crippen molar-refractivity contribution in [2.24, 2.45) is 0 Å². The van der Waals surface area contributed by atoms with Crippen LogP contribution < -0.4 is 10.3 Å². The van der Waals surface area contributed by atoms with Crippen molar-refractivity contribution in [3.05, 3.63) is 57.8 Å². The lowest BCUT2D eigenvalue weighted by Crippen LogP contribution is -2.28. The summed E-state index contributed by atoms with van der Waals surface area (Å²) in [5.41, 5.74) is 1.44. The van der Waals surface area contributed by atoms with Gasteiger partial charge < -0.3 is 9.94 Å². The highest BCUT2D eigenvalue weighted by atomic mass is 79.9. The first-order chi connectivity index (χ1) is 11.7. The molecule has 0 aliphatic heterocycles. The van der Waals surface area contributed by atoms with Crippen molar-refractivity contribution >= 4 is 21.8 Å². The average Bonchev–Trinajstić information content (AvgIpc) is 2.59. The number of alkyl halides is 3. The molecule has 0 saturated carbocycles. The van der Waals surface area contributed by atoms with Crippen LogP contribution in [0.1, 0.15) is 34.5 Å². The number of rotatable bonds is 5. The van der Waals surface area contributed by atoms with E-state index in [4.69, 9.17) is 4.84 Å². The van der Waals surface area contributed by atoms with E-state index in [0.717, 1.165) is 12.1 Å². The molecule has 0 spiro atoms. The number of hydrogen-bond acceptors (Lipinski definition) is 4. The first kappa shape index (κ1) is 19.2. The molecule has 9 heteroatoms. The van der Waals surface area contributed by atoms with E-state index in [1.165, 1.54) is 19.2 Å². The highest BCUT2D eigenvalue weighted by Gasteiger charge is 2.33. The summed E-state index contributed by atoms with van der Waals surface area (Å²) in [6, 6.07) is 6.42. The van der Waals surface area contributed by atoms with E-state index in [9.17, 15) is 23.1 Å². The van der Waals surface area contributed by atoms with Crippen LogP contribution in [0.2, 0.25) is 0 Å². The molecule has 0 radical (unpaired) electrons. The second kappa shape index (κ2) is 7.83. The Hall–Kier alpha value is -2.13. The number of aromatic nitrogens is 1. The van der Waals surface area contributed by atoms with E-state index in [-0.39, 0.29) is 21.5 Å². The van der Waals surface area contributed by atoms with Crippen molar-refractivity contribution in [2.45, 2.75) is 19.0 Å². The van der Waals surface area contributed by atoms with Crippen molar-refractivity contribution in [1.29, 1.82) is 0 Å². The smallest absolute Gasteiger partial charge is 0.396 e. The van der Waals surface area contributed by atoms with Gasteiger partial charge in [-0.2, -0.15) is 18.7 Å². The fourth-order valence-corrected chi connectivity index (χ4v) is 2.55. The third kappa shape index (κ3) is 4.70. The normalized spacial score (nSPS) is 12.6. The lowest BCUT2D eigenvalue weighted by molar-refractivity contribution is -0.137.